The van der Waals surface area contributed by atoms with E-state index in [1.165, 1.54) is 0 Å². The molecular formula is C19H27N5O3. The summed E-state index contributed by atoms with van der Waals surface area (Å²) in [6.45, 7) is 4.33. The third kappa shape index (κ3) is 4.52. The lowest BCUT2D eigenvalue weighted by Gasteiger charge is -2.19. The number of guanidine groups is 1. The van der Waals surface area contributed by atoms with Gasteiger partial charge < -0.3 is 30.2 Å². The van der Waals surface area contributed by atoms with Crippen molar-refractivity contribution in [2.75, 3.05) is 21.3 Å². The second-order valence-corrected chi connectivity index (χ2v) is 6.31. The molecule has 0 fully saturated rings. The highest BCUT2D eigenvalue weighted by molar-refractivity contribution is 5.82. The minimum Gasteiger partial charge on any atom is -0.493 e. The van der Waals surface area contributed by atoms with Gasteiger partial charge in [0, 0.05) is 5.69 Å². The number of hydrogen-bond donors (Lipinski definition) is 2. The number of methoxy groups -OCH3 is 3. The summed E-state index contributed by atoms with van der Waals surface area (Å²) < 4.78 is 18.6. The first-order valence-corrected chi connectivity index (χ1v) is 8.54. The SMILES string of the molecule is COc1ccc(-n2c(/C=N/N=C(N)N)ccc2CC(C)C)c(OC)c1OC. The zero-order valence-corrected chi connectivity index (χ0v) is 16.4. The Morgan fingerprint density at radius 2 is 1.74 bits per heavy atom. The van der Waals surface area contributed by atoms with Crippen LogP contribution in [0.4, 0.5) is 0 Å². The molecule has 4 N–H and O–H groups in total. The molecule has 2 rings (SSSR count). The van der Waals surface area contributed by atoms with Gasteiger partial charge in [-0.2, -0.15) is 5.10 Å². The first-order chi connectivity index (χ1) is 12.9. The lowest BCUT2D eigenvalue weighted by atomic mass is 10.1. The highest BCUT2D eigenvalue weighted by Gasteiger charge is 2.20. The molecule has 2 aromatic rings. The van der Waals surface area contributed by atoms with Crippen molar-refractivity contribution in [3.8, 4) is 22.9 Å². The number of nitrogens with zero attached hydrogens (tertiary/aromatic N) is 3. The van der Waals surface area contributed by atoms with Crippen LogP contribution in [0.15, 0.2) is 34.5 Å². The first-order valence-electron chi connectivity index (χ1n) is 8.54. The van der Waals surface area contributed by atoms with Crippen molar-refractivity contribution in [1.29, 1.82) is 0 Å². The van der Waals surface area contributed by atoms with Crippen LogP contribution in [0.3, 0.4) is 0 Å². The predicted octanol–water partition coefficient (Wildman–Crippen LogP) is 2.31. The van der Waals surface area contributed by atoms with Gasteiger partial charge in [-0.15, -0.1) is 5.10 Å². The van der Waals surface area contributed by atoms with Gasteiger partial charge >= 0.3 is 0 Å². The summed E-state index contributed by atoms with van der Waals surface area (Å²) in [5.41, 5.74) is 13.4. The Balaban J connectivity index is 2.70. The van der Waals surface area contributed by atoms with Gasteiger partial charge in [0.15, 0.2) is 11.5 Å². The van der Waals surface area contributed by atoms with E-state index in [1.54, 1.807) is 27.5 Å². The van der Waals surface area contributed by atoms with E-state index in [4.69, 9.17) is 25.7 Å². The van der Waals surface area contributed by atoms with Crippen LogP contribution >= 0.6 is 0 Å². The summed E-state index contributed by atoms with van der Waals surface area (Å²) in [5, 5.41) is 7.63. The predicted molar refractivity (Wildman–Crippen MR) is 107 cm³/mol. The van der Waals surface area contributed by atoms with Crippen molar-refractivity contribution < 1.29 is 14.2 Å². The third-order valence-electron chi connectivity index (χ3n) is 3.90. The number of rotatable bonds is 8. The molecule has 1 heterocycles. The zero-order valence-electron chi connectivity index (χ0n) is 16.4. The number of nitrogens with two attached hydrogens (primary N) is 2. The number of aromatic nitrogens is 1. The van der Waals surface area contributed by atoms with E-state index in [1.807, 2.05) is 28.8 Å². The standard InChI is InChI=1S/C19H27N5O3/c1-12(2)10-13-6-7-14(11-22-23-19(20)21)24(13)15-8-9-16(25-3)18(27-5)17(15)26-4/h6-9,11-12H,10H2,1-5H3,(H4,20,21,23)/b22-11+. The van der Waals surface area contributed by atoms with E-state index >= 15 is 0 Å². The molecule has 0 atom stereocenters. The van der Waals surface area contributed by atoms with Crippen molar-refractivity contribution in [2.24, 2.45) is 27.6 Å². The Kier molecular flexibility index (Phi) is 6.70. The molecule has 8 nitrogen and oxygen atoms in total. The van der Waals surface area contributed by atoms with E-state index in [-0.39, 0.29) is 5.96 Å². The minimum atomic E-state index is -0.101. The molecule has 0 saturated carbocycles. The van der Waals surface area contributed by atoms with Crippen LogP contribution < -0.4 is 25.7 Å². The fourth-order valence-corrected chi connectivity index (χ4v) is 2.88. The van der Waals surface area contributed by atoms with Crippen molar-refractivity contribution in [2.45, 2.75) is 20.3 Å². The topological polar surface area (TPSA) is 109 Å². The summed E-state index contributed by atoms with van der Waals surface area (Å²) in [5.74, 6) is 2.04. The average molecular weight is 373 g/mol. The maximum Gasteiger partial charge on any atom is 0.211 e. The van der Waals surface area contributed by atoms with Crippen molar-refractivity contribution >= 4 is 12.2 Å². The molecule has 0 aliphatic heterocycles. The summed E-state index contributed by atoms with van der Waals surface area (Å²) in [4.78, 5) is 0. The first kappa shape index (κ1) is 20.2. The van der Waals surface area contributed by atoms with Gasteiger partial charge in [0.1, 0.15) is 0 Å². The maximum absolute atomic E-state index is 5.65. The molecule has 27 heavy (non-hydrogen) atoms. The molecule has 0 bridgehead atoms. The fourth-order valence-electron chi connectivity index (χ4n) is 2.88. The van der Waals surface area contributed by atoms with Crippen molar-refractivity contribution in [3.63, 3.8) is 0 Å². The highest BCUT2D eigenvalue weighted by atomic mass is 16.5. The largest absolute Gasteiger partial charge is 0.493 e. The van der Waals surface area contributed by atoms with Gasteiger partial charge in [-0.3, -0.25) is 0 Å². The van der Waals surface area contributed by atoms with E-state index < -0.39 is 0 Å². The molecule has 0 aliphatic carbocycles. The molecule has 0 amide bonds. The van der Waals surface area contributed by atoms with Gasteiger partial charge in [0.2, 0.25) is 11.7 Å². The number of ether oxygens (including phenoxy) is 3. The molecule has 0 radical (unpaired) electrons. The fraction of sp³-hybridized carbons (Fsp3) is 0.368. The smallest absolute Gasteiger partial charge is 0.211 e. The highest BCUT2D eigenvalue weighted by Crippen LogP contribution is 2.42. The Morgan fingerprint density at radius 3 is 2.30 bits per heavy atom. The van der Waals surface area contributed by atoms with Gasteiger partial charge in [-0.1, -0.05) is 13.8 Å². The van der Waals surface area contributed by atoms with E-state index in [9.17, 15) is 0 Å². The lowest BCUT2D eigenvalue weighted by molar-refractivity contribution is 0.323. The van der Waals surface area contributed by atoms with E-state index in [2.05, 4.69) is 24.1 Å². The van der Waals surface area contributed by atoms with Crippen molar-refractivity contribution in [3.05, 3.63) is 35.7 Å². The molecule has 0 spiro atoms. The number of benzene rings is 1. The Labute approximate surface area is 159 Å². The molecule has 1 aromatic carbocycles. The lowest BCUT2D eigenvalue weighted by Crippen LogP contribution is -2.21. The number of hydrogen-bond acceptors (Lipinski definition) is 5. The van der Waals surface area contributed by atoms with E-state index in [0.717, 1.165) is 23.5 Å². The summed E-state index contributed by atoms with van der Waals surface area (Å²) in [6.07, 6.45) is 2.47. The quantitative estimate of drug-likeness (QED) is 0.419. The van der Waals surface area contributed by atoms with Gasteiger partial charge in [0.05, 0.1) is 38.9 Å². The monoisotopic (exact) mass is 373 g/mol. The Bertz CT molecular complexity index is 836. The minimum absolute atomic E-state index is 0.101. The Morgan fingerprint density at radius 1 is 1.04 bits per heavy atom. The van der Waals surface area contributed by atoms with Gasteiger partial charge in [-0.25, -0.2) is 0 Å². The van der Waals surface area contributed by atoms with Crippen LogP contribution in [0.1, 0.15) is 25.2 Å². The van der Waals surface area contributed by atoms with Crippen LogP contribution in [0, 0.1) is 5.92 Å². The third-order valence-corrected chi connectivity index (χ3v) is 3.90. The zero-order chi connectivity index (χ0) is 20.0. The molecule has 8 heteroatoms. The average Bonchev–Trinajstić information content (AvgIpc) is 3.01. The van der Waals surface area contributed by atoms with Crippen LogP contribution in [0.25, 0.3) is 5.69 Å². The normalized spacial score (nSPS) is 11.0. The van der Waals surface area contributed by atoms with Gasteiger partial charge in [0.25, 0.3) is 0 Å². The summed E-state index contributed by atoms with van der Waals surface area (Å²) in [7, 11) is 4.76. The second kappa shape index (κ2) is 8.98. The molecule has 146 valence electrons. The van der Waals surface area contributed by atoms with Crippen molar-refractivity contribution in [1.82, 2.24) is 4.57 Å². The van der Waals surface area contributed by atoms with Crippen LogP contribution in [0.2, 0.25) is 0 Å². The van der Waals surface area contributed by atoms with Gasteiger partial charge in [-0.05, 0) is 36.6 Å². The van der Waals surface area contributed by atoms with Crippen LogP contribution in [0.5, 0.6) is 17.2 Å². The molecule has 0 aliphatic rings. The maximum atomic E-state index is 5.65. The molecular weight excluding hydrogens is 346 g/mol. The second-order valence-electron chi connectivity index (χ2n) is 6.31. The van der Waals surface area contributed by atoms with Crippen LogP contribution in [-0.2, 0) is 6.42 Å². The summed E-state index contributed by atoms with van der Waals surface area (Å²) >= 11 is 0. The Hall–Kier alpha value is -3.16. The van der Waals surface area contributed by atoms with Crippen LogP contribution in [-0.4, -0.2) is 38.1 Å². The van der Waals surface area contributed by atoms with E-state index in [0.29, 0.717) is 23.2 Å². The molecule has 1 aromatic heterocycles. The molecule has 0 unspecified atom stereocenters. The summed E-state index contributed by atoms with van der Waals surface area (Å²) in [6, 6.07) is 7.77. The molecule has 0 saturated heterocycles.